The molecule has 0 saturated heterocycles. The Kier molecular flexibility index (Phi) is 6.15. The topological polar surface area (TPSA) is 46.6 Å². The fraction of sp³-hybridized carbons (Fsp3) is 0.368. The van der Waals surface area contributed by atoms with Crippen molar-refractivity contribution in [3.63, 3.8) is 0 Å². The summed E-state index contributed by atoms with van der Waals surface area (Å²) >= 11 is 0. The summed E-state index contributed by atoms with van der Waals surface area (Å²) in [6.07, 6.45) is 2.82. The Bertz CT molecular complexity index is 681. The van der Waals surface area contributed by atoms with Crippen LogP contribution in [0.25, 0.3) is 10.8 Å². The van der Waals surface area contributed by atoms with Crippen molar-refractivity contribution in [3.8, 4) is 5.75 Å². The van der Waals surface area contributed by atoms with Crippen LogP contribution in [0.4, 0.5) is 0 Å². The third-order valence-electron chi connectivity index (χ3n) is 3.92. The predicted molar refractivity (Wildman–Crippen MR) is 92.0 cm³/mol. The second-order valence-electron chi connectivity index (χ2n) is 5.43. The lowest BCUT2D eigenvalue weighted by Gasteiger charge is -2.21. The van der Waals surface area contributed by atoms with Gasteiger partial charge in [0.25, 0.3) is 5.91 Å². The van der Waals surface area contributed by atoms with Gasteiger partial charge >= 0.3 is 0 Å². The Morgan fingerprint density at radius 1 is 1.17 bits per heavy atom. The van der Waals surface area contributed by atoms with Crippen LogP contribution in [0.2, 0.25) is 0 Å². The molecule has 0 heterocycles. The van der Waals surface area contributed by atoms with Crippen molar-refractivity contribution in [1.29, 1.82) is 0 Å². The molecule has 0 radical (unpaired) electrons. The van der Waals surface area contributed by atoms with Crippen LogP contribution in [0.3, 0.4) is 0 Å². The minimum atomic E-state index is -0.0500. The Balaban J connectivity index is 2.12. The molecule has 0 unspecified atom stereocenters. The molecular formula is C19H23NO3. The standard InChI is InChI=1S/C19H23NO3/c1-3-5-12-20(4-2)19(22)14-23-18-11-10-15-8-6-7-9-16(15)17(18)13-21/h6-11,13H,3-5,12,14H2,1-2H3. The maximum absolute atomic E-state index is 12.2. The Morgan fingerprint density at radius 2 is 1.96 bits per heavy atom. The van der Waals surface area contributed by atoms with Crippen LogP contribution in [-0.2, 0) is 4.79 Å². The van der Waals surface area contributed by atoms with E-state index in [0.717, 1.165) is 36.4 Å². The van der Waals surface area contributed by atoms with Crippen LogP contribution in [0.1, 0.15) is 37.0 Å². The van der Waals surface area contributed by atoms with E-state index in [0.29, 0.717) is 17.9 Å². The highest BCUT2D eigenvalue weighted by atomic mass is 16.5. The summed E-state index contributed by atoms with van der Waals surface area (Å²) in [7, 11) is 0. The van der Waals surface area contributed by atoms with E-state index < -0.39 is 0 Å². The van der Waals surface area contributed by atoms with Gasteiger partial charge in [0.1, 0.15) is 5.75 Å². The van der Waals surface area contributed by atoms with Crippen LogP contribution in [0.15, 0.2) is 36.4 Å². The van der Waals surface area contributed by atoms with Crippen LogP contribution >= 0.6 is 0 Å². The monoisotopic (exact) mass is 313 g/mol. The first-order valence-electron chi connectivity index (χ1n) is 8.08. The molecule has 0 atom stereocenters. The van der Waals surface area contributed by atoms with Crippen LogP contribution in [-0.4, -0.2) is 36.8 Å². The van der Waals surface area contributed by atoms with Crippen molar-refractivity contribution < 1.29 is 14.3 Å². The molecule has 0 saturated carbocycles. The van der Waals surface area contributed by atoms with Gasteiger partial charge in [0, 0.05) is 13.1 Å². The summed E-state index contributed by atoms with van der Waals surface area (Å²) < 4.78 is 5.64. The molecule has 0 aliphatic rings. The SMILES string of the molecule is CCCCN(CC)C(=O)COc1ccc2ccccc2c1C=O. The van der Waals surface area contributed by atoms with Gasteiger partial charge in [0.2, 0.25) is 0 Å². The molecule has 23 heavy (non-hydrogen) atoms. The number of unbranched alkanes of at least 4 members (excludes halogenated alkanes) is 1. The highest BCUT2D eigenvalue weighted by Crippen LogP contribution is 2.26. The maximum atomic E-state index is 12.2. The lowest BCUT2D eigenvalue weighted by atomic mass is 10.0. The molecule has 0 aromatic heterocycles. The van der Waals surface area contributed by atoms with Gasteiger partial charge in [-0.1, -0.05) is 43.7 Å². The van der Waals surface area contributed by atoms with E-state index in [2.05, 4.69) is 6.92 Å². The summed E-state index contributed by atoms with van der Waals surface area (Å²) in [5.74, 6) is 0.407. The molecule has 2 rings (SSSR count). The number of hydrogen-bond donors (Lipinski definition) is 0. The average Bonchev–Trinajstić information content (AvgIpc) is 2.59. The first-order chi connectivity index (χ1) is 11.2. The van der Waals surface area contributed by atoms with Gasteiger partial charge in [-0.25, -0.2) is 0 Å². The Labute approximate surface area is 137 Å². The zero-order valence-corrected chi connectivity index (χ0v) is 13.7. The van der Waals surface area contributed by atoms with Crippen molar-refractivity contribution in [2.24, 2.45) is 0 Å². The van der Waals surface area contributed by atoms with Crippen LogP contribution < -0.4 is 4.74 Å². The molecule has 4 heteroatoms. The second-order valence-corrected chi connectivity index (χ2v) is 5.43. The van der Waals surface area contributed by atoms with E-state index >= 15 is 0 Å². The van der Waals surface area contributed by atoms with E-state index in [4.69, 9.17) is 4.74 Å². The summed E-state index contributed by atoms with van der Waals surface area (Å²) in [6.45, 7) is 5.42. The van der Waals surface area contributed by atoms with Gasteiger partial charge in [-0.05, 0) is 30.2 Å². The number of fused-ring (bicyclic) bond motifs is 1. The molecule has 1 amide bonds. The third-order valence-corrected chi connectivity index (χ3v) is 3.92. The van der Waals surface area contributed by atoms with E-state index in [1.807, 2.05) is 37.3 Å². The van der Waals surface area contributed by atoms with E-state index in [1.54, 1.807) is 11.0 Å². The zero-order valence-electron chi connectivity index (χ0n) is 13.7. The second kappa shape index (κ2) is 8.32. The number of carbonyl (C=O) groups excluding carboxylic acids is 2. The largest absolute Gasteiger partial charge is 0.483 e. The highest BCUT2D eigenvalue weighted by Gasteiger charge is 2.14. The van der Waals surface area contributed by atoms with Gasteiger partial charge in [0.15, 0.2) is 12.9 Å². The number of carbonyl (C=O) groups is 2. The van der Waals surface area contributed by atoms with Crippen molar-refractivity contribution in [2.75, 3.05) is 19.7 Å². The van der Waals surface area contributed by atoms with Gasteiger partial charge in [-0.15, -0.1) is 0 Å². The fourth-order valence-electron chi connectivity index (χ4n) is 2.56. The first-order valence-corrected chi connectivity index (χ1v) is 8.08. The van der Waals surface area contributed by atoms with Crippen molar-refractivity contribution in [2.45, 2.75) is 26.7 Å². The van der Waals surface area contributed by atoms with E-state index in [9.17, 15) is 9.59 Å². The maximum Gasteiger partial charge on any atom is 0.260 e. The minimum Gasteiger partial charge on any atom is -0.483 e. The van der Waals surface area contributed by atoms with Crippen molar-refractivity contribution in [3.05, 3.63) is 42.0 Å². The predicted octanol–water partition coefficient (Wildman–Crippen LogP) is 3.68. The van der Waals surface area contributed by atoms with Crippen LogP contribution in [0, 0.1) is 0 Å². The average molecular weight is 313 g/mol. The number of nitrogens with zero attached hydrogens (tertiary/aromatic N) is 1. The normalized spacial score (nSPS) is 10.5. The summed E-state index contributed by atoms with van der Waals surface area (Å²) in [5.41, 5.74) is 0.493. The van der Waals surface area contributed by atoms with Crippen molar-refractivity contribution >= 4 is 23.0 Å². The molecule has 0 aliphatic heterocycles. The molecule has 2 aromatic carbocycles. The molecule has 0 aliphatic carbocycles. The van der Waals surface area contributed by atoms with Gasteiger partial charge in [-0.3, -0.25) is 9.59 Å². The third kappa shape index (κ3) is 4.09. The van der Waals surface area contributed by atoms with E-state index in [1.165, 1.54) is 0 Å². The number of amides is 1. The Hall–Kier alpha value is -2.36. The van der Waals surface area contributed by atoms with Gasteiger partial charge in [0.05, 0.1) is 5.56 Å². The lowest BCUT2D eigenvalue weighted by Crippen LogP contribution is -2.35. The minimum absolute atomic E-state index is 0.0449. The lowest BCUT2D eigenvalue weighted by molar-refractivity contribution is -0.133. The summed E-state index contributed by atoms with van der Waals surface area (Å²) in [4.78, 5) is 25.5. The summed E-state index contributed by atoms with van der Waals surface area (Å²) in [5, 5.41) is 1.82. The number of rotatable bonds is 8. The number of aldehydes is 1. The van der Waals surface area contributed by atoms with Crippen molar-refractivity contribution in [1.82, 2.24) is 4.90 Å². The highest BCUT2D eigenvalue weighted by molar-refractivity contribution is 6.00. The van der Waals surface area contributed by atoms with Crippen LogP contribution in [0.5, 0.6) is 5.75 Å². The zero-order chi connectivity index (χ0) is 16.7. The molecule has 0 N–H and O–H groups in total. The Morgan fingerprint density at radius 3 is 2.65 bits per heavy atom. The molecule has 4 nitrogen and oxygen atoms in total. The molecule has 0 fully saturated rings. The quantitative estimate of drug-likeness (QED) is 0.698. The van der Waals surface area contributed by atoms with Gasteiger partial charge in [-0.2, -0.15) is 0 Å². The first kappa shape index (κ1) is 17.0. The molecule has 122 valence electrons. The van der Waals surface area contributed by atoms with E-state index in [-0.39, 0.29) is 12.5 Å². The van der Waals surface area contributed by atoms with Gasteiger partial charge < -0.3 is 9.64 Å². The smallest absolute Gasteiger partial charge is 0.260 e. The molecular weight excluding hydrogens is 290 g/mol. The molecule has 0 bridgehead atoms. The number of likely N-dealkylation sites (N-methyl/N-ethyl adjacent to an activating group) is 1. The number of ether oxygens (including phenoxy) is 1. The molecule has 0 spiro atoms. The summed E-state index contributed by atoms with van der Waals surface area (Å²) in [6, 6.07) is 11.3. The fourth-order valence-corrected chi connectivity index (χ4v) is 2.56. The molecule has 2 aromatic rings. The number of benzene rings is 2. The number of hydrogen-bond acceptors (Lipinski definition) is 3.